The van der Waals surface area contributed by atoms with Crippen molar-refractivity contribution in [2.24, 2.45) is 0 Å². The van der Waals surface area contributed by atoms with Gasteiger partial charge in [0.25, 0.3) is 5.91 Å². The van der Waals surface area contributed by atoms with Crippen molar-refractivity contribution in [1.29, 1.82) is 0 Å². The first kappa shape index (κ1) is 19.6. The van der Waals surface area contributed by atoms with Gasteiger partial charge in [0, 0.05) is 16.5 Å². The Bertz CT molecular complexity index is 1200. The molecule has 1 aromatic heterocycles. The van der Waals surface area contributed by atoms with Crippen LogP contribution in [-0.4, -0.2) is 23.7 Å². The summed E-state index contributed by atoms with van der Waals surface area (Å²) in [4.78, 5) is 28.4. The molecule has 1 N–H and O–H groups in total. The number of amides is 1. The number of carbonyl (C=O) groups excluding carboxylic acids is 2. The van der Waals surface area contributed by atoms with Crippen molar-refractivity contribution in [3.8, 4) is 17.0 Å². The number of hydrogen-bond acceptors (Lipinski definition) is 6. The molecule has 0 aliphatic rings. The van der Waals surface area contributed by atoms with Gasteiger partial charge in [0.2, 0.25) is 0 Å². The predicted molar refractivity (Wildman–Crippen MR) is 117 cm³/mol. The highest BCUT2D eigenvalue weighted by atomic mass is 32.1. The molecule has 0 radical (unpaired) electrons. The van der Waals surface area contributed by atoms with Gasteiger partial charge in [-0.05, 0) is 48.0 Å². The Morgan fingerprint density at radius 1 is 1.00 bits per heavy atom. The third kappa shape index (κ3) is 4.47. The van der Waals surface area contributed by atoms with E-state index in [-0.39, 0.29) is 12.5 Å². The van der Waals surface area contributed by atoms with Gasteiger partial charge in [-0.15, -0.1) is 11.3 Å². The van der Waals surface area contributed by atoms with E-state index in [1.807, 2.05) is 23.6 Å². The zero-order chi connectivity index (χ0) is 20.9. The predicted octanol–water partition coefficient (Wildman–Crippen LogP) is 5.75. The lowest BCUT2D eigenvalue weighted by Crippen LogP contribution is -2.12. The summed E-state index contributed by atoms with van der Waals surface area (Å²) in [7, 11) is 0. The van der Waals surface area contributed by atoms with E-state index < -0.39 is 6.16 Å². The molecule has 150 valence electrons. The van der Waals surface area contributed by atoms with Gasteiger partial charge in [0.05, 0.1) is 12.3 Å². The SMILES string of the molecule is CCOC(=O)Oc1ccc(C(=O)Nc2nc(-c3ccc4ccccc4c3)cs2)cc1. The molecule has 0 saturated carbocycles. The van der Waals surface area contributed by atoms with Gasteiger partial charge in [-0.2, -0.15) is 0 Å². The van der Waals surface area contributed by atoms with Crippen molar-refractivity contribution in [3.05, 3.63) is 77.7 Å². The molecule has 30 heavy (non-hydrogen) atoms. The standard InChI is InChI=1S/C23H18N2O4S/c1-2-28-23(27)29-19-11-9-16(10-12-19)21(26)25-22-24-20(14-30-22)18-8-7-15-5-3-4-6-17(15)13-18/h3-14H,2H2,1H3,(H,24,25,26). The van der Waals surface area contributed by atoms with E-state index in [4.69, 9.17) is 9.47 Å². The van der Waals surface area contributed by atoms with Gasteiger partial charge >= 0.3 is 6.16 Å². The molecule has 1 amide bonds. The number of anilines is 1. The maximum absolute atomic E-state index is 12.5. The molecule has 0 aliphatic carbocycles. The minimum Gasteiger partial charge on any atom is -0.434 e. The summed E-state index contributed by atoms with van der Waals surface area (Å²) >= 11 is 1.36. The molecule has 0 saturated heterocycles. The zero-order valence-corrected chi connectivity index (χ0v) is 16.9. The van der Waals surface area contributed by atoms with Crippen LogP contribution in [0, 0.1) is 0 Å². The van der Waals surface area contributed by atoms with Crippen LogP contribution in [0.3, 0.4) is 0 Å². The smallest absolute Gasteiger partial charge is 0.434 e. The van der Waals surface area contributed by atoms with Gasteiger partial charge in [0.1, 0.15) is 5.75 Å². The zero-order valence-electron chi connectivity index (χ0n) is 16.1. The van der Waals surface area contributed by atoms with Crippen molar-refractivity contribution in [3.63, 3.8) is 0 Å². The Kier molecular flexibility index (Phi) is 5.72. The van der Waals surface area contributed by atoms with Crippen LogP contribution < -0.4 is 10.1 Å². The van der Waals surface area contributed by atoms with Crippen LogP contribution in [0.5, 0.6) is 5.75 Å². The second kappa shape index (κ2) is 8.75. The molecular weight excluding hydrogens is 400 g/mol. The van der Waals surface area contributed by atoms with E-state index in [0.717, 1.165) is 16.6 Å². The van der Waals surface area contributed by atoms with Crippen LogP contribution in [0.15, 0.2) is 72.1 Å². The minimum absolute atomic E-state index is 0.230. The van der Waals surface area contributed by atoms with Crippen LogP contribution in [0.1, 0.15) is 17.3 Å². The Balaban J connectivity index is 1.44. The monoisotopic (exact) mass is 418 g/mol. The number of nitrogens with zero attached hydrogens (tertiary/aromatic N) is 1. The average molecular weight is 418 g/mol. The fourth-order valence-corrected chi connectivity index (χ4v) is 3.61. The average Bonchev–Trinajstić information content (AvgIpc) is 3.22. The van der Waals surface area contributed by atoms with Gasteiger partial charge in [-0.25, -0.2) is 9.78 Å². The molecule has 0 aliphatic heterocycles. The van der Waals surface area contributed by atoms with Crippen molar-refractivity contribution in [1.82, 2.24) is 4.98 Å². The number of aromatic nitrogens is 1. The van der Waals surface area contributed by atoms with Gasteiger partial charge in [0.15, 0.2) is 5.13 Å². The van der Waals surface area contributed by atoms with Crippen LogP contribution in [-0.2, 0) is 4.74 Å². The first-order chi connectivity index (χ1) is 14.6. The molecule has 1 heterocycles. The fourth-order valence-electron chi connectivity index (χ4n) is 2.90. The third-order valence-electron chi connectivity index (χ3n) is 4.35. The largest absolute Gasteiger partial charge is 0.513 e. The van der Waals surface area contributed by atoms with E-state index in [1.165, 1.54) is 28.9 Å². The van der Waals surface area contributed by atoms with Crippen molar-refractivity contribution >= 4 is 39.3 Å². The Morgan fingerprint density at radius 2 is 1.77 bits per heavy atom. The lowest BCUT2D eigenvalue weighted by atomic mass is 10.1. The lowest BCUT2D eigenvalue weighted by molar-refractivity contribution is 0.102. The highest BCUT2D eigenvalue weighted by Crippen LogP contribution is 2.28. The maximum atomic E-state index is 12.5. The fraction of sp³-hybridized carbons (Fsp3) is 0.0870. The number of carbonyl (C=O) groups is 2. The van der Waals surface area contributed by atoms with E-state index in [9.17, 15) is 9.59 Å². The van der Waals surface area contributed by atoms with Crippen molar-refractivity contribution in [2.75, 3.05) is 11.9 Å². The molecule has 0 bridgehead atoms. The van der Waals surface area contributed by atoms with E-state index in [2.05, 4.69) is 34.6 Å². The van der Waals surface area contributed by atoms with E-state index >= 15 is 0 Å². The summed E-state index contributed by atoms with van der Waals surface area (Å²) in [6, 6.07) is 20.5. The normalized spacial score (nSPS) is 10.6. The summed E-state index contributed by atoms with van der Waals surface area (Å²) in [6.07, 6.45) is -0.779. The lowest BCUT2D eigenvalue weighted by Gasteiger charge is -2.05. The summed E-state index contributed by atoms with van der Waals surface area (Å²) in [5.74, 6) is 0.00920. The Labute approximate surface area is 177 Å². The van der Waals surface area contributed by atoms with E-state index in [0.29, 0.717) is 16.4 Å². The second-order valence-electron chi connectivity index (χ2n) is 6.36. The Morgan fingerprint density at radius 3 is 2.53 bits per heavy atom. The van der Waals surface area contributed by atoms with Crippen LogP contribution >= 0.6 is 11.3 Å². The second-order valence-corrected chi connectivity index (χ2v) is 7.22. The molecule has 0 atom stereocenters. The first-order valence-corrected chi connectivity index (χ1v) is 10.2. The number of benzene rings is 3. The number of hydrogen-bond donors (Lipinski definition) is 1. The number of rotatable bonds is 5. The van der Waals surface area contributed by atoms with Gasteiger partial charge in [-0.1, -0.05) is 36.4 Å². The van der Waals surface area contributed by atoms with Crippen molar-refractivity contribution < 1.29 is 19.1 Å². The van der Waals surface area contributed by atoms with Gasteiger partial charge < -0.3 is 9.47 Å². The molecule has 6 nitrogen and oxygen atoms in total. The number of ether oxygens (including phenoxy) is 2. The number of fused-ring (bicyclic) bond motifs is 1. The van der Waals surface area contributed by atoms with Crippen LogP contribution in [0.25, 0.3) is 22.0 Å². The quantitative estimate of drug-likeness (QED) is 0.330. The maximum Gasteiger partial charge on any atom is 0.513 e. The molecule has 4 rings (SSSR count). The molecular formula is C23H18N2O4S. The molecule has 7 heteroatoms. The summed E-state index contributed by atoms with van der Waals surface area (Å²) in [5.41, 5.74) is 2.22. The number of nitrogens with one attached hydrogen (secondary N) is 1. The van der Waals surface area contributed by atoms with Gasteiger partial charge in [-0.3, -0.25) is 10.1 Å². The summed E-state index contributed by atoms with van der Waals surface area (Å²) in [6.45, 7) is 1.92. The molecule has 0 spiro atoms. The molecule has 0 unspecified atom stereocenters. The van der Waals surface area contributed by atoms with E-state index in [1.54, 1.807) is 19.1 Å². The molecule has 3 aromatic carbocycles. The highest BCUT2D eigenvalue weighted by Gasteiger charge is 2.12. The van der Waals surface area contributed by atoms with Crippen LogP contribution in [0.2, 0.25) is 0 Å². The minimum atomic E-state index is -0.779. The summed E-state index contributed by atoms with van der Waals surface area (Å²) in [5, 5.41) is 7.53. The molecule has 4 aromatic rings. The first-order valence-electron chi connectivity index (χ1n) is 9.33. The third-order valence-corrected chi connectivity index (χ3v) is 5.11. The Hall–Kier alpha value is -3.71. The number of thiazole rings is 1. The molecule has 0 fully saturated rings. The van der Waals surface area contributed by atoms with Crippen LogP contribution in [0.4, 0.5) is 9.93 Å². The van der Waals surface area contributed by atoms with Crippen molar-refractivity contribution in [2.45, 2.75) is 6.92 Å². The summed E-state index contributed by atoms with van der Waals surface area (Å²) < 4.78 is 9.71. The highest BCUT2D eigenvalue weighted by molar-refractivity contribution is 7.14. The topological polar surface area (TPSA) is 77.5 Å².